The van der Waals surface area contributed by atoms with E-state index in [2.05, 4.69) is 54.6 Å². The van der Waals surface area contributed by atoms with Crippen molar-refractivity contribution in [3.63, 3.8) is 0 Å². The molecule has 0 unspecified atom stereocenters. The van der Waals surface area contributed by atoms with E-state index in [4.69, 9.17) is 4.42 Å². The first kappa shape index (κ1) is 20.5. The minimum atomic E-state index is -0.161. The second-order valence-electron chi connectivity index (χ2n) is 8.89. The highest BCUT2D eigenvalue weighted by Crippen LogP contribution is 2.43. The fourth-order valence-electron chi connectivity index (χ4n) is 5.39. The van der Waals surface area contributed by atoms with Crippen LogP contribution in [0.15, 0.2) is 137 Å². The topological polar surface area (TPSA) is 34.6 Å². The van der Waals surface area contributed by atoms with Crippen LogP contribution in [0.2, 0.25) is 0 Å². The van der Waals surface area contributed by atoms with Gasteiger partial charge in [-0.3, -0.25) is 9.20 Å². The van der Waals surface area contributed by atoms with Crippen LogP contribution in [0.5, 0.6) is 0 Å². The van der Waals surface area contributed by atoms with Gasteiger partial charge in [0.05, 0.1) is 17.5 Å². The number of aromatic nitrogens is 1. The zero-order valence-corrected chi connectivity index (χ0v) is 19.4. The molecule has 0 radical (unpaired) electrons. The van der Waals surface area contributed by atoms with Gasteiger partial charge in [-0.15, -0.1) is 0 Å². The summed E-state index contributed by atoms with van der Waals surface area (Å²) in [5.74, 6) is 0. The van der Waals surface area contributed by atoms with Crippen molar-refractivity contribution in [3.8, 4) is 33.5 Å². The monoisotopic (exact) mass is 463 g/mol. The Labute approximate surface area is 207 Å². The molecule has 0 aliphatic heterocycles. The van der Waals surface area contributed by atoms with Crippen molar-refractivity contribution in [1.29, 1.82) is 0 Å². The molecule has 0 N–H and O–H groups in total. The Morgan fingerprint density at radius 2 is 1.03 bits per heavy atom. The van der Waals surface area contributed by atoms with Gasteiger partial charge in [0.25, 0.3) is 5.56 Å². The van der Waals surface area contributed by atoms with Crippen LogP contribution in [0.25, 0.3) is 60.8 Å². The summed E-state index contributed by atoms with van der Waals surface area (Å²) in [5, 5.41) is 2.94. The smallest absolute Gasteiger partial charge is 0.299 e. The van der Waals surface area contributed by atoms with Gasteiger partial charge in [-0.05, 0) is 28.1 Å². The molecule has 3 heterocycles. The molecule has 170 valence electrons. The van der Waals surface area contributed by atoms with E-state index in [1.807, 2.05) is 71.1 Å². The van der Waals surface area contributed by atoms with E-state index < -0.39 is 0 Å². The average molecular weight is 464 g/mol. The van der Waals surface area contributed by atoms with Crippen LogP contribution in [0.3, 0.4) is 0 Å². The third-order valence-corrected chi connectivity index (χ3v) is 6.88. The van der Waals surface area contributed by atoms with Crippen LogP contribution in [-0.2, 0) is 0 Å². The highest BCUT2D eigenvalue weighted by Gasteiger charge is 2.24. The number of fused-ring (bicyclic) bond motifs is 4. The molecule has 3 heteroatoms. The van der Waals surface area contributed by atoms with Crippen LogP contribution < -0.4 is 5.56 Å². The summed E-state index contributed by atoms with van der Waals surface area (Å²) in [7, 11) is 0. The van der Waals surface area contributed by atoms with Gasteiger partial charge in [0.2, 0.25) is 0 Å². The lowest BCUT2D eigenvalue weighted by atomic mass is 9.90. The van der Waals surface area contributed by atoms with Crippen molar-refractivity contribution in [2.45, 2.75) is 0 Å². The summed E-state index contributed by atoms with van der Waals surface area (Å²) >= 11 is 0. The highest BCUT2D eigenvalue weighted by atomic mass is 16.3. The number of hydrogen-bond donors (Lipinski definition) is 0. The summed E-state index contributed by atoms with van der Waals surface area (Å²) in [4.78, 5) is 14.2. The third-order valence-electron chi connectivity index (χ3n) is 6.88. The van der Waals surface area contributed by atoms with Crippen molar-refractivity contribution in [2.24, 2.45) is 0 Å². The van der Waals surface area contributed by atoms with Crippen LogP contribution in [0.1, 0.15) is 0 Å². The maximum Gasteiger partial charge on any atom is 0.299 e. The zero-order chi connectivity index (χ0) is 24.1. The molecule has 3 aromatic heterocycles. The van der Waals surface area contributed by atoms with Crippen molar-refractivity contribution in [2.75, 3.05) is 0 Å². The first-order valence-electron chi connectivity index (χ1n) is 12.0. The second-order valence-corrected chi connectivity index (χ2v) is 8.89. The Hall–Kier alpha value is -4.89. The maximum absolute atomic E-state index is 14.2. The van der Waals surface area contributed by atoms with Crippen molar-refractivity contribution < 1.29 is 4.42 Å². The Kier molecular flexibility index (Phi) is 4.61. The number of nitrogens with zero attached hydrogens (tertiary/aromatic N) is 1. The Balaban J connectivity index is 1.85. The van der Waals surface area contributed by atoms with E-state index in [0.29, 0.717) is 5.58 Å². The Morgan fingerprint density at radius 1 is 0.500 bits per heavy atom. The van der Waals surface area contributed by atoms with Crippen LogP contribution in [-0.4, -0.2) is 4.40 Å². The molecule has 0 aliphatic carbocycles. The van der Waals surface area contributed by atoms with Gasteiger partial charge in [0, 0.05) is 21.9 Å². The third kappa shape index (κ3) is 2.96. The standard InChI is InChI=1S/C33H21NO2/c35-33-32-27(20-21-36-32)29(23-14-6-2-7-15-23)31-26-19-11-10-18-25(26)28(22-12-4-1-5-13-22)30(34(31)33)24-16-8-3-9-17-24/h1-21H. The SMILES string of the molecule is O=c1c2occc2c(-c2ccccc2)c2c3ccccc3c(-c3ccccc3)c(-c3ccccc3)n12. The second kappa shape index (κ2) is 8.10. The Bertz CT molecular complexity index is 1930. The molecule has 7 rings (SSSR count). The zero-order valence-electron chi connectivity index (χ0n) is 19.4. The molecule has 7 aromatic rings. The number of furan rings is 1. The van der Waals surface area contributed by atoms with Crippen molar-refractivity contribution in [3.05, 3.63) is 138 Å². The molecule has 0 amide bonds. The van der Waals surface area contributed by atoms with Crippen LogP contribution >= 0.6 is 0 Å². The number of hydrogen-bond acceptors (Lipinski definition) is 2. The summed E-state index contributed by atoms with van der Waals surface area (Å²) in [6.07, 6.45) is 1.61. The normalized spacial score (nSPS) is 11.4. The average Bonchev–Trinajstić information content (AvgIpc) is 3.44. The molecule has 4 aromatic carbocycles. The first-order chi connectivity index (χ1) is 17.8. The summed E-state index contributed by atoms with van der Waals surface area (Å²) in [6, 6.07) is 41.0. The largest absolute Gasteiger partial charge is 0.458 e. The maximum atomic E-state index is 14.2. The number of pyridine rings is 2. The predicted molar refractivity (Wildman–Crippen MR) is 147 cm³/mol. The van der Waals surface area contributed by atoms with Gasteiger partial charge >= 0.3 is 0 Å². The van der Waals surface area contributed by atoms with Crippen LogP contribution in [0.4, 0.5) is 0 Å². The van der Waals surface area contributed by atoms with Crippen LogP contribution in [0, 0.1) is 0 Å². The van der Waals surface area contributed by atoms with E-state index in [1.165, 1.54) is 0 Å². The minimum absolute atomic E-state index is 0.161. The lowest BCUT2D eigenvalue weighted by molar-refractivity contribution is 0.610. The molecule has 3 nitrogen and oxygen atoms in total. The molecule has 0 aliphatic rings. The molecule has 0 spiro atoms. The predicted octanol–water partition coefficient (Wildman–Crippen LogP) is 8.20. The molecule has 0 saturated carbocycles. The lowest BCUT2D eigenvalue weighted by Crippen LogP contribution is -2.17. The highest BCUT2D eigenvalue weighted by molar-refractivity contribution is 6.17. The summed E-state index contributed by atoms with van der Waals surface area (Å²) in [5.41, 5.74) is 7.03. The van der Waals surface area contributed by atoms with Gasteiger partial charge in [0.15, 0.2) is 5.58 Å². The van der Waals surface area contributed by atoms with E-state index in [0.717, 1.165) is 55.2 Å². The number of rotatable bonds is 3. The Morgan fingerprint density at radius 3 is 1.67 bits per heavy atom. The minimum Gasteiger partial charge on any atom is -0.458 e. The van der Waals surface area contributed by atoms with Gasteiger partial charge < -0.3 is 4.42 Å². The first-order valence-corrected chi connectivity index (χ1v) is 12.0. The molecule has 0 fully saturated rings. The molecular formula is C33H21NO2. The fourth-order valence-corrected chi connectivity index (χ4v) is 5.39. The molecule has 0 bridgehead atoms. The fraction of sp³-hybridized carbons (Fsp3) is 0. The van der Waals surface area contributed by atoms with Crippen molar-refractivity contribution in [1.82, 2.24) is 4.40 Å². The number of benzene rings is 4. The van der Waals surface area contributed by atoms with Gasteiger partial charge in [-0.2, -0.15) is 0 Å². The van der Waals surface area contributed by atoms with Gasteiger partial charge in [-0.1, -0.05) is 115 Å². The molecule has 0 saturated heterocycles. The van der Waals surface area contributed by atoms with E-state index >= 15 is 0 Å². The molecular weight excluding hydrogens is 442 g/mol. The summed E-state index contributed by atoms with van der Waals surface area (Å²) in [6.45, 7) is 0. The molecule has 0 atom stereocenters. The van der Waals surface area contributed by atoms with E-state index in [9.17, 15) is 4.79 Å². The quantitative estimate of drug-likeness (QED) is 0.248. The lowest BCUT2D eigenvalue weighted by Gasteiger charge is -2.21. The van der Waals surface area contributed by atoms with Gasteiger partial charge in [0.1, 0.15) is 0 Å². The van der Waals surface area contributed by atoms with E-state index in [-0.39, 0.29) is 5.56 Å². The van der Waals surface area contributed by atoms with Gasteiger partial charge in [-0.25, -0.2) is 0 Å². The summed E-state index contributed by atoms with van der Waals surface area (Å²) < 4.78 is 7.70. The van der Waals surface area contributed by atoms with Crippen molar-refractivity contribution >= 4 is 27.3 Å². The van der Waals surface area contributed by atoms with E-state index in [1.54, 1.807) is 6.26 Å². The molecule has 36 heavy (non-hydrogen) atoms.